The van der Waals surface area contributed by atoms with Crippen LogP contribution in [0.4, 0.5) is 19.0 Å². The number of nitrogens with zero attached hydrogens (tertiary/aromatic N) is 3. The summed E-state index contributed by atoms with van der Waals surface area (Å²) in [4.78, 5) is 20.6. The van der Waals surface area contributed by atoms with E-state index in [-0.39, 0.29) is 0 Å². The third-order valence-electron chi connectivity index (χ3n) is 5.25. The lowest BCUT2D eigenvalue weighted by Crippen LogP contribution is -2.58. The van der Waals surface area contributed by atoms with Crippen LogP contribution in [0, 0.1) is 13.8 Å². The van der Waals surface area contributed by atoms with E-state index in [1.807, 2.05) is 35.8 Å². The number of hydrogen-bond acceptors (Lipinski definition) is 5. The van der Waals surface area contributed by atoms with Crippen LogP contribution in [-0.4, -0.2) is 58.7 Å². The fourth-order valence-electron chi connectivity index (χ4n) is 3.68. The van der Waals surface area contributed by atoms with Crippen molar-refractivity contribution in [1.82, 2.24) is 14.8 Å². The minimum absolute atomic E-state index is 0.296. The molecule has 2 aromatic rings. The number of nitrogens with one attached hydrogen (secondary N) is 1. The maximum atomic E-state index is 12.8. The van der Waals surface area contributed by atoms with E-state index in [0.29, 0.717) is 42.7 Å². The Hall–Kier alpha value is -2.72. The summed E-state index contributed by atoms with van der Waals surface area (Å²) in [7, 11) is 1.31. The van der Waals surface area contributed by atoms with Crippen LogP contribution in [0.2, 0.25) is 0 Å². The van der Waals surface area contributed by atoms with Crippen LogP contribution >= 0.6 is 12.2 Å². The molecule has 1 aromatic heterocycles. The van der Waals surface area contributed by atoms with Crippen molar-refractivity contribution in [3.05, 3.63) is 58.8 Å². The molecule has 0 spiro atoms. The number of carbonyl (C=O) groups excluding carboxylic acids is 1. The molecule has 3 rings (SSSR count). The number of methoxy groups -OCH3 is 1. The molecule has 6 nitrogen and oxygen atoms in total. The Labute approximate surface area is 190 Å². The highest BCUT2D eigenvalue weighted by Gasteiger charge is 2.35. The average Bonchev–Trinajstić information content (AvgIpc) is 2.72. The van der Waals surface area contributed by atoms with E-state index < -0.39 is 23.8 Å². The second-order valence-electron chi connectivity index (χ2n) is 7.75. The predicted molar refractivity (Wildman–Crippen MR) is 119 cm³/mol. The molecule has 1 saturated heterocycles. The van der Waals surface area contributed by atoms with Gasteiger partial charge in [0.2, 0.25) is 0 Å². The number of aryl methyl sites for hydroxylation is 2. The van der Waals surface area contributed by atoms with Crippen LogP contribution in [0.15, 0.2) is 36.4 Å². The van der Waals surface area contributed by atoms with Crippen molar-refractivity contribution < 1.29 is 22.7 Å². The van der Waals surface area contributed by atoms with Gasteiger partial charge in [0.25, 0.3) is 0 Å². The zero-order valence-electron chi connectivity index (χ0n) is 18.1. The number of ether oxygens (including phenoxy) is 1. The first-order valence-corrected chi connectivity index (χ1v) is 10.5. The monoisotopic (exact) mass is 466 g/mol. The highest BCUT2D eigenvalue weighted by Crippen LogP contribution is 2.29. The van der Waals surface area contributed by atoms with Gasteiger partial charge in [-0.05, 0) is 61.5 Å². The van der Waals surface area contributed by atoms with E-state index in [4.69, 9.17) is 17.0 Å². The van der Waals surface area contributed by atoms with Crippen LogP contribution in [0.25, 0.3) is 0 Å². The molecule has 1 fully saturated rings. The Morgan fingerprint density at radius 3 is 2.50 bits per heavy atom. The minimum atomic E-state index is -4.38. The summed E-state index contributed by atoms with van der Waals surface area (Å²) in [5.74, 6) is 0.211. The van der Waals surface area contributed by atoms with Gasteiger partial charge in [-0.25, -0.2) is 4.98 Å². The van der Waals surface area contributed by atoms with Crippen molar-refractivity contribution in [2.75, 3.05) is 32.1 Å². The molecule has 0 aliphatic carbocycles. The Balaban J connectivity index is 1.69. The van der Waals surface area contributed by atoms with Crippen molar-refractivity contribution in [3.63, 3.8) is 0 Å². The number of alkyl halides is 3. The van der Waals surface area contributed by atoms with E-state index in [2.05, 4.69) is 10.3 Å². The van der Waals surface area contributed by atoms with Gasteiger partial charge < -0.3 is 15.0 Å². The van der Waals surface area contributed by atoms with Crippen molar-refractivity contribution in [2.24, 2.45) is 0 Å². The summed E-state index contributed by atoms with van der Waals surface area (Å²) < 4.78 is 43.4. The van der Waals surface area contributed by atoms with Crippen LogP contribution in [-0.2, 0) is 22.3 Å². The summed E-state index contributed by atoms with van der Waals surface area (Å²) >= 11 is 5.53. The van der Waals surface area contributed by atoms with Gasteiger partial charge >= 0.3 is 12.1 Å². The molecule has 0 saturated carbocycles. The van der Waals surface area contributed by atoms with Gasteiger partial charge in [0.15, 0.2) is 5.11 Å². The van der Waals surface area contributed by atoms with Crippen LogP contribution < -0.4 is 5.32 Å². The quantitative estimate of drug-likeness (QED) is 0.544. The normalized spacial score (nSPS) is 17.2. The number of carbonyl (C=O) groups is 1. The molecule has 0 bridgehead atoms. The molecule has 1 N–H and O–H groups in total. The average molecular weight is 467 g/mol. The zero-order valence-corrected chi connectivity index (χ0v) is 18.9. The maximum absolute atomic E-state index is 12.8. The second kappa shape index (κ2) is 9.83. The molecule has 2 heterocycles. The number of anilines is 1. The second-order valence-corrected chi connectivity index (χ2v) is 8.14. The van der Waals surface area contributed by atoms with Crippen molar-refractivity contribution >= 4 is 29.1 Å². The van der Waals surface area contributed by atoms with Crippen molar-refractivity contribution in [2.45, 2.75) is 32.6 Å². The third kappa shape index (κ3) is 5.95. The topological polar surface area (TPSA) is 57.7 Å². The van der Waals surface area contributed by atoms with Crippen LogP contribution in [0.3, 0.4) is 0 Å². The van der Waals surface area contributed by atoms with Gasteiger partial charge in [-0.2, -0.15) is 13.2 Å². The minimum Gasteiger partial charge on any atom is -0.468 e. The first-order valence-electron chi connectivity index (χ1n) is 10.1. The molecule has 1 atom stereocenters. The number of aromatic nitrogens is 1. The lowest BCUT2D eigenvalue weighted by molar-refractivity contribution is -0.149. The van der Waals surface area contributed by atoms with Gasteiger partial charge in [-0.3, -0.25) is 9.69 Å². The SMILES string of the molecule is COC(=O)C1CN(C(=S)Nc2cc(C)cc(C)n2)CCN1Cc1ccc(C(F)(F)F)cc1. The first kappa shape index (κ1) is 23.9. The predicted octanol–water partition coefficient (Wildman–Crippen LogP) is 3.77. The highest BCUT2D eigenvalue weighted by atomic mass is 32.1. The van der Waals surface area contributed by atoms with E-state index in [0.717, 1.165) is 23.4 Å². The van der Waals surface area contributed by atoms with E-state index in [9.17, 15) is 18.0 Å². The number of rotatable bonds is 4. The zero-order chi connectivity index (χ0) is 23.5. The fourth-order valence-corrected chi connectivity index (χ4v) is 3.95. The number of pyridine rings is 1. The summed E-state index contributed by atoms with van der Waals surface area (Å²) in [5, 5.41) is 3.57. The number of esters is 1. The Morgan fingerprint density at radius 2 is 1.91 bits per heavy atom. The highest BCUT2D eigenvalue weighted by molar-refractivity contribution is 7.80. The standard InChI is InChI=1S/C22H25F3N4O2S/c1-14-10-15(2)26-19(11-14)27-21(32)29-9-8-28(18(13-29)20(30)31-3)12-16-4-6-17(7-5-16)22(23,24)25/h4-7,10-11,18H,8-9,12-13H2,1-3H3,(H,26,27,32). The maximum Gasteiger partial charge on any atom is 0.416 e. The van der Waals surface area contributed by atoms with Gasteiger partial charge in [0.1, 0.15) is 11.9 Å². The Bertz CT molecular complexity index is 962. The van der Waals surface area contributed by atoms with Crippen molar-refractivity contribution in [3.8, 4) is 0 Å². The summed E-state index contributed by atoms with van der Waals surface area (Å²) in [6, 6.07) is 8.20. The third-order valence-corrected chi connectivity index (χ3v) is 5.61. The smallest absolute Gasteiger partial charge is 0.416 e. The van der Waals surface area contributed by atoms with Gasteiger partial charge in [0, 0.05) is 31.9 Å². The molecule has 1 aromatic carbocycles. The number of benzene rings is 1. The summed E-state index contributed by atoms with van der Waals surface area (Å²) in [5.41, 5.74) is 1.90. The van der Waals surface area contributed by atoms with Gasteiger partial charge in [-0.15, -0.1) is 0 Å². The Kier molecular flexibility index (Phi) is 7.35. The molecule has 0 amide bonds. The molecule has 1 aliphatic heterocycles. The van der Waals surface area contributed by atoms with E-state index in [1.54, 1.807) is 0 Å². The molecular formula is C22H25F3N4O2S. The number of piperazine rings is 1. The van der Waals surface area contributed by atoms with Crippen molar-refractivity contribution in [1.29, 1.82) is 0 Å². The summed E-state index contributed by atoms with van der Waals surface area (Å²) in [6.45, 7) is 5.52. The Morgan fingerprint density at radius 1 is 1.22 bits per heavy atom. The van der Waals surface area contributed by atoms with Crippen LogP contribution in [0.1, 0.15) is 22.4 Å². The first-order chi connectivity index (χ1) is 15.1. The molecular weight excluding hydrogens is 441 g/mol. The molecule has 1 unspecified atom stereocenters. The number of thiocarbonyl (C=S) groups is 1. The number of hydrogen-bond donors (Lipinski definition) is 1. The van der Waals surface area contributed by atoms with Gasteiger partial charge in [-0.1, -0.05) is 12.1 Å². The molecule has 0 radical (unpaired) electrons. The largest absolute Gasteiger partial charge is 0.468 e. The fraction of sp³-hybridized carbons (Fsp3) is 0.409. The number of halogens is 3. The van der Waals surface area contributed by atoms with E-state index >= 15 is 0 Å². The summed E-state index contributed by atoms with van der Waals surface area (Å²) in [6.07, 6.45) is -4.38. The lowest BCUT2D eigenvalue weighted by Gasteiger charge is -2.40. The molecule has 1 aliphatic rings. The lowest BCUT2D eigenvalue weighted by atomic mass is 10.1. The van der Waals surface area contributed by atoms with Gasteiger partial charge in [0.05, 0.1) is 12.7 Å². The van der Waals surface area contributed by atoms with E-state index in [1.165, 1.54) is 19.2 Å². The molecule has 10 heteroatoms. The van der Waals surface area contributed by atoms with Crippen LogP contribution in [0.5, 0.6) is 0 Å². The molecule has 172 valence electrons. The molecule has 32 heavy (non-hydrogen) atoms.